The number of amides is 1. The number of aryl methyl sites for hydroxylation is 1. The second-order valence-corrected chi connectivity index (χ2v) is 7.82. The van der Waals surface area contributed by atoms with Crippen molar-refractivity contribution in [1.29, 1.82) is 0 Å². The Morgan fingerprint density at radius 1 is 1.00 bits per heavy atom. The summed E-state index contributed by atoms with van der Waals surface area (Å²) in [6.45, 7) is 1.80. The second kappa shape index (κ2) is 8.12. The van der Waals surface area contributed by atoms with Gasteiger partial charge in [0.2, 0.25) is 0 Å². The van der Waals surface area contributed by atoms with Gasteiger partial charge < -0.3 is 5.32 Å². The SMILES string of the molecule is Cc1c(C(=O)Nc2ccc(F)cc2)sc2ncc(C(=O)Cc3ccc(F)cc3)cc12. The third kappa shape index (κ3) is 4.11. The second-order valence-electron chi connectivity index (χ2n) is 6.82. The molecule has 7 heteroatoms. The van der Waals surface area contributed by atoms with Gasteiger partial charge in [0.1, 0.15) is 16.5 Å². The Morgan fingerprint density at radius 3 is 2.30 bits per heavy atom. The number of ketones is 1. The van der Waals surface area contributed by atoms with E-state index >= 15 is 0 Å². The number of thiophene rings is 1. The van der Waals surface area contributed by atoms with Crippen LogP contribution in [0, 0.1) is 18.6 Å². The number of nitrogens with zero attached hydrogens (tertiary/aromatic N) is 1. The number of pyridine rings is 1. The zero-order valence-electron chi connectivity index (χ0n) is 15.9. The lowest BCUT2D eigenvalue weighted by molar-refractivity contribution is 0.0991. The molecule has 0 atom stereocenters. The summed E-state index contributed by atoms with van der Waals surface area (Å²) in [4.78, 5) is 30.8. The molecule has 0 aliphatic heterocycles. The molecule has 0 spiro atoms. The highest BCUT2D eigenvalue weighted by atomic mass is 32.1. The first-order valence-corrected chi connectivity index (χ1v) is 9.96. The van der Waals surface area contributed by atoms with E-state index in [0.717, 1.165) is 10.9 Å². The van der Waals surface area contributed by atoms with Gasteiger partial charge in [-0.3, -0.25) is 9.59 Å². The molecule has 30 heavy (non-hydrogen) atoms. The van der Waals surface area contributed by atoms with E-state index < -0.39 is 0 Å². The number of aromatic nitrogens is 1. The number of nitrogens with one attached hydrogen (secondary N) is 1. The van der Waals surface area contributed by atoms with Gasteiger partial charge in [-0.15, -0.1) is 11.3 Å². The zero-order chi connectivity index (χ0) is 21.3. The van der Waals surface area contributed by atoms with Crippen LogP contribution in [0.3, 0.4) is 0 Å². The average molecular weight is 422 g/mol. The molecule has 2 aromatic carbocycles. The first-order chi connectivity index (χ1) is 14.4. The number of benzene rings is 2. The minimum atomic E-state index is -0.381. The summed E-state index contributed by atoms with van der Waals surface area (Å²) in [5.41, 5.74) is 2.35. The lowest BCUT2D eigenvalue weighted by Gasteiger charge is -2.04. The minimum Gasteiger partial charge on any atom is -0.321 e. The molecule has 0 radical (unpaired) electrons. The normalized spacial score (nSPS) is 10.9. The van der Waals surface area contributed by atoms with Crippen LogP contribution in [0.1, 0.15) is 31.2 Å². The maximum atomic E-state index is 13.0. The molecule has 0 aliphatic carbocycles. The van der Waals surface area contributed by atoms with Crippen molar-refractivity contribution in [2.45, 2.75) is 13.3 Å². The van der Waals surface area contributed by atoms with Crippen molar-refractivity contribution in [3.63, 3.8) is 0 Å². The van der Waals surface area contributed by atoms with Gasteiger partial charge in [0, 0.05) is 29.3 Å². The van der Waals surface area contributed by atoms with E-state index in [1.807, 2.05) is 0 Å². The highest BCUT2D eigenvalue weighted by Crippen LogP contribution is 2.31. The summed E-state index contributed by atoms with van der Waals surface area (Å²) in [5.74, 6) is -1.19. The Balaban J connectivity index is 1.58. The highest BCUT2D eigenvalue weighted by molar-refractivity contribution is 7.20. The number of rotatable bonds is 5. The maximum absolute atomic E-state index is 13.0. The van der Waals surface area contributed by atoms with E-state index in [4.69, 9.17) is 0 Å². The standard InChI is InChI=1S/C23H16F2N2O2S/c1-13-19-11-15(20(28)10-14-2-4-16(24)5-3-14)12-26-23(19)30-21(13)22(29)27-18-8-6-17(25)7-9-18/h2-9,11-12H,10H2,1H3,(H,27,29). The van der Waals surface area contributed by atoms with Crippen LogP contribution in [0.4, 0.5) is 14.5 Å². The molecule has 4 rings (SSSR count). The van der Waals surface area contributed by atoms with Gasteiger partial charge in [-0.1, -0.05) is 12.1 Å². The lowest BCUT2D eigenvalue weighted by atomic mass is 10.0. The first kappa shape index (κ1) is 19.8. The van der Waals surface area contributed by atoms with Crippen LogP contribution in [0.15, 0.2) is 60.8 Å². The predicted octanol–water partition coefficient (Wildman–Crippen LogP) is 5.56. The third-order valence-electron chi connectivity index (χ3n) is 4.70. The van der Waals surface area contributed by atoms with E-state index in [-0.39, 0.29) is 29.7 Å². The molecule has 2 aromatic heterocycles. The zero-order valence-corrected chi connectivity index (χ0v) is 16.7. The number of hydrogen-bond acceptors (Lipinski definition) is 4. The number of halogens is 2. The smallest absolute Gasteiger partial charge is 0.266 e. The fraction of sp³-hybridized carbons (Fsp3) is 0.0870. The summed E-state index contributed by atoms with van der Waals surface area (Å²) >= 11 is 1.23. The quantitative estimate of drug-likeness (QED) is 0.428. The summed E-state index contributed by atoms with van der Waals surface area (Å²) < 4.78 is 26.1. The molecule has 0 unspecified atom stereocenters. The van der Waals surface area contributed by atoms with Gasteiger partial charge in [-0.2, -0.15) is 0 Å². The van der Waals surface area contributed by atoms with Crippen molar-refractivity contribution in [1.82, 2.24) is 4.98 Å². The Bertz CT molecular complexity index is 1250. The minimum absolute atomic E-state index is 0.133. The molecular formula is C23H16F2N2O2S. The third-order valence-corrected chi connectivity index (χ3v) is 5.92. The molecule has 1 N–H and O–H groups in total. The fourth-order valence-electron chi connectivity index (χ4n) is 3.08. The van der Waals surface area contributed by atoms with E-state index in [9.17, 15) is 18.4 Å². The van der Waals surface area contributed by atoms with Crippen LogP contribution in [0.25, 0.3) is 10.2 Å². The van der Waals surface area contributed by atoms with Gasteiger partial charge >= 0.3 is 0 Å². The summed E-state index contributed by atoms with van der Waals surface area (Å²) in [6, 6.07) is 13.0. The monoisotopic (exact) mass is 422 g/mol. The first-order valence-electron chi connectivity index (χ1n) is 9.14. The fourth-order valence-corrected chi connectivity index (χ4v) is 4.11. The highest BCUT2D eigenvalue weighted by Gasteiger charge is 2.18. The number of hydrogen-bond donors (Lipinski definition) is 1. The number of carbonyl (C=O) groups is 2. The van der Waals surface area contributed by atoms with Crippen LogP contribution in [-0.4, -0.2) is 16.7 Å². The lowest BCUT2D eigenvalue weighted by Crippen LogP contribution is -2.11. The van der Waals surface area contributed by atoms with Crippen molar-refractivity contribution < 1.29 is 18.4 Å². The van der Waals surface area contributed by atoms with E-state index in [0.29, 0.717) is 26.5 Å². The van der Waals surface area contributed by atoms with Crippen molar-refractivity contribution in [3.8, 4) is 0 Å². The number of anilines is 1. The number of fused-ring (bicyclic) bond motifs is 1. The average Bonchev–Trinajstić information content (AvgIpc) is 3.07. The molecule has 0 aliphatic rings. The van der Waals surface area contributed by atoms with Crippen molar-refractivity contribution in [2.24, 2.45) is 0 Å². The molecule has 0 saturated carbocycles. The Morgan fingerprint density at radius 2 is 1.63 bits per heavy atom. The van der Waals surface area contributed by atoms with Gasteiger partial charge in [0.15, 0.2) is 5.78 Å². The van der Waals surface area contributed by atoms with Crippen LogP contribution in [0.5, 0.6) is 0 Å². The van der Waals surface area contributed by atoms with E-state index in [1.54, 1.807) is 25.1 Å². The molecular weight excluding hydrogens is 406 g/mol. The molecule has 150 valence electrons. The summed E-state index contributed by atoms with van der Waals surface area (Å²) in [5, 5.41) is 3.47. The largest absolute Gasteiger partial charge is 0.321 e. The van der Waals surface area contributed by atoms with Gasteiger partial charge in [-0.25, -0.2) is 13.8 Å². The summed E-state index contributed by atoms with van der Waals surface area (Å²) in [6.07, 6.45) is 1.63. The van der Waals surface area contributed by atoms with Crippen LogP contribution in [-0.2, 0) is 6.42 Å². The topological polar surface area (TPSA) is 59.1 Å². The van der Waals surface area contributed by atoms with Gasteiger partial charge in [-0.05, 0) is 60.5 Å². The Hall–Kier alpha value is -3.45. The molecule has 4 nitrogen and oxygen atoms in total. The van der Waals surface area contributed by atoms with Crippen molar-refractivity contribution in [3.05, 3.63) is 94.0 Å². The van der Waals surface area contributed by atoms with Crippen molar-refractivity contribution >= 4 is 38.9 Å². The summed E-state index contributed by atoms with van der Waals surface area (Å²) in [7, 11) is 0. The number of carbonyl (C=O) groups excluding carboxylic acids is 2. The number of Topliss-reactive ketones (excluding diaryl/α,β-unsaturated/α-hetero) is 1. The molecule has 0 saturated heterocycles. The molecule has 2 heterocycles. The predicted molar refractivity (Wildman–Crippen MR) is 113 cm³/mol. The van der Waals surface area contributed by atoms with Gasteiger partial charge in [0.25, 0.3) is 5.91 Å². The van der Waals surface area contributed by atoms with Crippen LogP contribution in [0.2, 0.25) is 0 Å². The molecule has 0 bridgehead atoms. The van der Waals surface area contributed by atoms with E-state index in [2.05, 4.69) is 10.3 Å². The molecule has 4 aromatic rings. The van der Waals surface area contributed by atoms with Gasteiger partial charge in [0.05, 0.1) is 4.88 Å². The molecule has 1 amide bonds. The molecule has 0 fully saturated rings. The maximum Gasteiger partial charge on any atom is 0.266 e. The van der Waals surface area contributed by atoms with Crippen LogP contribution >= 0.6 is 11.3 Å². The Labute approximate surface area is 175 Å². The van der Waals surface area contributed by atoms with Crippen LogP contribution < -0.4 is 5.32 Å². The van der Waals surface area contributed by atoms with Crippen molar-refractivity contribution in [2.75, 3.05) is 5.32 Å². The Kier molecular flexibility index (Phi) is 5.37. The van der Waals surface area contributed by atoms with E-state index in [1.165, 1.54) is 53.9 Å².